The molecule has 1 aliphatic rings. The van der Waals surface area contributed by atoms with Crippen molar-refractivity contribution in [1.82, 2.24) is 15.6 Å². The maximum atomic E-state index is 12.8. The van der Waals surface area contributed by atoms with E-state index in [-0.39, 0.29) is 54.7 Å². The Morgan fingerprint density at radius 3 is 2.77 bits per heavy atom. The molecule has 0 aliphatic carbocycles. The van der Waals surface area contributed by atoms with Crippen molar-refractivity contribution in [2.24, 2.45) is 4.99 Å². The molecule has 1 fully saturated rings. The van der Waals surface area contributed by atoms with E-state index >= 15 is 0 Å². The number of hydrogen-bond donors (Lipinski definition) is 2. The van der Waals surface area contributed by atoms with Crippen molar-refractivity contribution in [3.63, 3.8) is 0 Å². The van der Waals surface area contributed by atoms with Crippen molar-refractivity contribution in [2.75, 3.05) is 31.7 Å². The summed E-state index contributed by atoms with van der Waals surface area (Å²) in [6.45, 7) is 0.108. The van der Waals surface area contributed by atoms with Gasteiger partial charge in [0.1, 0.15) is 12.2 Å². The highest BCUT2D eigenvalue weighted by Crippen LogP contribution is 2.34. The van der Waals surface area contributed by atoms with Crippen LogP contribution in [-0.4, -0.2) is 57.1 Å². The number of rotatable bonds is 5. The molecule has 148 valence electrons. The van der Waals surface area contributed by atoms with E-state index in [4.69, 9.17) is 4.74 Å². The van der Waals surface area contributed by atoms with Gasteiger partial charge >= 0.3 is 6.18 Å². The Kier molecular flexibility index (Phi) is 8.37. The first-order chi connectivity index (χ1) is 11.7. The molecule has 1 atom stereocenters. The second-order valence-electron chi connectivity index (χ2n) is 5.45. The van der Waals surface area contributed by atoms with Crippen LogP contribution in [0.25, 0.3) is 0 Å². The normalized spacial score (nSPS) is 19.5. The van der Waals surface area contributed by atoms with Gasteiger partial charge in [0.15, 0.2) is 15.8 Å². The lowest BCUT2D eigenvalue weighted by Gasteiger charge is -2.16. The van der Waals surface area contributed by atoms with Crippen molar-refractivity contribution in [3.05, 3.63) is 23.9 Å². The zero-order valence-corrected chi connectivity index (χ0v) is 17.1. The average molecular weight is 508 g/mol. The predicted octanol–water partition coefficient (Wildman–Crippen LogP) is 1.45. The fourth-order valence-electron chi connectivity index (χ4n) is 2.34. The third-order valence-electron chi connectivity index (χ3n) is 3.51. The number of guanidine groups is 1. The van der Waals surface area contributed by atoms with E-state index in [9.17, 15) is 21.6 Å². The molecule has 0 saturated carbocycles. The van der Waals surface area contributed by atoms with Crippen LogP contribution in [0.1, 0.15) is 12.0 Å². The van der Waals surface area contributed by atoms with Gasteiger partial charge in [0.25, 0.3) is 0 Å². The van der Waals surface area contributed by atoms with E-state index in [1.165, 1.54) is 19.3 Å². The molecule has 1 aliphatic heterocycles. The van der Waals surface area contributed by atoms with Gasteiger partial charge in [-0.15, -0.1) is 24.0 Å². The summed E-state index contributed by atoms with van der Waals surface area (Å²) in [5.41, 5.74) is -0.936. The summed E-state index contributed by atoms with van der Waals surface area (Å²) >= 11 is 0. The molecule has 12 heteroatoms. The number of ether oxygens (including phenoxy) is 1. The monoisotopic (exact) mass is 508 g/mol. The van der Waals surface area contributed by atoms with Crippen LogP contribution in [0.15, 0.2) is 23.3 Å². The minimum absolute atomic E-state index is 0. The standard InChI is InChI=1S/C14H19F3N4O3S.HI/c1-18-13(21-10-4-8-25(22,23)9-10)20-6-7-24-12-11(14(15,16)17)3-2-5-19-12;/h2-3,5,10H,4,6-9H2,1H3,(H2,18,20,21);1H. The quantitative estimate of drug-likeness (QED) is 0.271. The third kappa shape index (κ3) is 6.78. The average Bonchev–Trinajstić information content (AvgIpc) is 2.88. The van der Waals surface area contributed by atoms with Gasteiger partial charge in [-0.2, -0.15) is 13.2 Å². The summed E-state index contributed by atoms with van der Waals surface area (Å²) in [5, 5.41) is 5.83. The Hall–Kier alpha value is -1.31. The second-order valence-corrected chi connectivity index (χ2v) is 7.67. The lowest BCUT2D eigenvalue weighted by Crippen LogP contribution is -2.45. The van der Waals surface area contributed by atoms with Crippen molar-refractivity contribution < 1.29 is 26.3 Å². The number of nitrogens with one attached hydrogen (secondary N) is 2. The Morgan fingerprint density at radius 2 is 2.19 bits per heavy atom. The number of sulfone groups is 1. The fraction of sp³-hybridized carbons (Fsp3) is 0.571. The smallest absolute Gasteiger partial charge is 0.421 e. The molecule has 0 aromatic carbocycles. The number of hydrogen-bond acceptors (Lipinski definition) is 5. The van der Waals surface area contributed by atoms with Crippen LogP contribution in [-0.2, 0) is 16.0 Å². The van der Waals surface area contributed by atoms with Crippen LogP contribution in [0.3, 0.4) is 0 Å². The second kappa shape index (κ2) is 9.58. The molecular weight excluding hydrogens is 488 g/mol. The van der Waals surface area contributed by atoms with E-state index in [2.05, 4.69) is 20.6 Å². The molecular formula is C14H20F3IN4O3S. The fourth-order valence-corrected chi connectivity index (χ4v) is 4.01. The van der Waals surface area contributed by atoms with E-state index in [1.807, 2.05) is 0 Å². The van der Waals surface area contributed by atoms with Crippen molar-refractivity contribution in [1.29, 1.82) is 0 Å². The summed E-state index contributed by atoms with van der Waals surface area (Å²) in [6, 6.07) is 1.86. The Bertz CT molecular complexity index is 728. The number of pyridine rings is 1. The molecule has 7 nitrogen and oxygen atoms in total. The van der Waals surface area contributed by atoms with Crippen LogP contribution in [0.4, 0.5) is 13.2 Å². The van der Waals surface area contributed by atoms with E-state index in [0.29, 0.717) is 12.4 Å². The molecule has 0 bridgehead atoms. The molecule has 2 N–H and O–H groups in total. The summed E-state index contributed by atoms with van der Waals surface area (Å²) in [5.74, 6) is 0.0435. The van der Waals surface area contributed by atoms with Gasteiger partial charge in [-0.1, -0.05) is 0 Å². The van der Waals surface area contributed by atoms with Gasteiger partial charge in [-0.25, -0.2) is 13.4 Å². The van der Waals surface area contributed by atoms with Crippen LogP contribution >= 0.6 is 24.0 Å². The molecule has 1 unspecified atom stereocenters. The first-order valence-corrected chi connectivity index (χ1v) is 9.36. The van der Waals surface area contributed by atoms with Gasteiger partial charge in [0, 0.05) is 19.3 Å². The third-order valence-corrected chi connectivity index (χ3v) is 5.27. The van der Waals surface area contributed by atoms with Crippen LogP contribution in [0.5, 0.6) is 5.88 Å². The number of alkyl halides is 3. The Balaban J connectivity index is 0.00000338. The SMILES string of the molecule is CN=C(NCCOc1ncccc1C(F)(F)F)NC1CCS(=O)(=O)C1.I. The minimum atomic E-state index is -4.54. The summed E-state index contributed by atoms with van der Waals surface area (Å²) in [4.78, 5) is 7.55. The van der Waals surface area contributed by atoms with E-state index < -0.39 is 27.5 Å². The molecule has 0 spiro atoms. The lowest BCUT2D eigenvalue weighted by atomic mass is 10.2. The minimum Gasteiger partial charge on any atom is -0.475 e. The molecule has 1 aromatic heterocycles. The first kappa shape index (κ1) is 22.7. The van der Waals surface area contributed by atoms with Crippen LogP contribution in [0, 0.1) is 0 Å². The summed E-state index contributed by atoms with van der Waals surface area (Å²) < 4.78 is 66.4. The molecule has 1 saturated heterocycles. The largest absolute Gasteiger partial charge is 0.475 e. The number of halogens is 4. The van der Waals surface area contributed by atoms with Crippen molar-refractivity contribution in [2.45, 2.75) is 18.6 Å². The molecule has 0 radical (unpaired) electrons. The molecule has 26 heavy (non-hydrogen) atoms. The highest BCUT2D eigenvalue weighted by atomic mass is 127. The molecule has 2 heterocycles. The van der Waals surface area contributed by atoms with Gasteiger partial charge in [0.05, 0.1) is 18.1 Å². The Labute approximate surface area is 166 Å². The maximum absolute atomic E-state index is 12.8. The van der Waals surface area contributed by atoms with E-state index in [0.717, 1.165) is 6.07 Å². The molecule has 0 amide bonds. The molecule has 2 rings (SSSR count). The van der Waals surface area contributed by atoms with Crippen LogP contribution in [0.2, 0.25) is 0 Å². The first-order valence-electron chi connectivity index (χ1n) is 7.54. The maximum Gasteiger partial charge on any atom is 0.421 e. The van der Waals surface area contributed by atoms with Crippen molar-refractivity contribution in [3.8, 4) is 5.88 Å². The number of aromatic nitrogens is 1. The van der Waals surface area contributed by atoms with Gasteiger partial charge in [0.2, 0.25) is 5.88 Å². The Morgan fingerprint density at radius 1 is 1.46 bits per heavy atom. The highest BCUT2D eigenvalue weighted by Gasteiger charge is 2.35. The topological polar surface area (TPSA) is 92.7 Å². The zero-order chi connectivity index (χ0) is 18.5. The van der Waals surface area contributed by atoms with Crippen LogP contribution < -0.4 is 15.4 Å². The highest BCUT2D eigenvalue weighted by molar-refractivity contribution is 14.0. The lowest BCUT2D eigenvalue weighted by molar-refractivity contribution is -0.139. The molecule has 1 aromatic rings. The summed E-state index contributed by atoms with van der Waals surface area (Å²) in [6.07, 6.45) is -2.83. The van der Waals surface area contributed by atoms with Crippen molar-refractivity contribution >= 4 is 39.8 Å². The predicted molar refractivity (Wildman–Crippen MR) is 102 cm³/mol. The van der Waals surface area contributed by atoms with E-state index in [1.54, 1.807) is 0 Å². The van der Waals surface area contributed by atoms with Gasteiger partial charge in [-0.3, -0.25) is 4.99 Å². The number of aliphatic imine (C=N–C) groups is 1. The number of nitrogens with zero attached hydrogens (tertiary/aromatic N) is 2. The van der Waals surface area contributed by atoms with Gasteiger partial charge in [-0.05, 0) is 18.6 Å². The van der Waals surface area contributed by atoms with Gasteiger partial charge < -0.3 is 15.4 Å². The zero-order valence-electron chi connectivity index (χ0n) is 13.9. The summed E-state index contributed by atoms with van der Waals surface area (Å²) in [7, 11) is -1.50.